The van der Waals surface area contributed by atoms with Crippen molar-refractivity contribution in [2.75, 3.05) is 0 Å². The lowest BCUT2D eigenvalue weighted by Gasteiger charge is -2.31. The van der Waals surface area contributed by atoms with Crippen molar-refractivity contribution in [3.63, 3.8) is 0 Å². The zero-order valence-electron chi connectivity index (χ0n) is 17.7. The fourth-order valence-corrected chi connectivity index (χ4v) is 4.75. The average molecular weight is 423 g/mol. The Morgan fingerprint density at radius 2 is 1.70 bits per heavy atom. The first kappa shape index (κ1) is 20.4. The maximum Gasteiger partial charge on any atom is 0.243 e. The van der Waals surface area contributed by atoms with E-state index in [-0.39, 0.29) is 24.5 Å². The standard InChI is InChI=1S/C22H26N6OS/c1-15(2)27(16(3)4)20(29)13-26-18-10-5-6-11-19(18)28-21(26)24-25-22(28)30-14-17-9-7-8-12-23-17/h5-12,15-16H,13-14H2,1-4H3. The second-order valence-corrected chi connectivity index (χ2v) is 8.73. The van der Waals surface area contributed by atoms with Crippen LogP contribution in [0.2, 0.25) is 0 Å². The number of aromatic nitrogens is 5. The molecule has 8 heteroatoms. The number of imidazole rings is 1. The van der Waals surface area contributed by atoms with Crippen molar-refractivity contribution in [2.24, 2.45) is 0 Å². The molecule has 0 fully saturated rings. The Kier molecular flexibility index (Phi) is 5.76. The number of benzene rings is 1. The van der Waals surface area contributed by atoms with Crippen LogP contribution in [0.1, 0.15) is 33.4 Å². The molecule has 4 aromatic rings. The molecule has 3 aromatic heterocycles. The van der Waals surface area contributed by atoms with Gasteiger partial charge in [0.25, 0.3) is 0 Å². The number of para-hydroxylation sites is 2. The zero-order chi connectivity index (χ0) is 21.3. The first-order chi connectivity index (χ1) is 14.5. The van der Waals surface area contributed by atoms with Crippen LogP contribution in [0.15, 0.2) is 53.8 Å². The van der Waals surface area contributed by atoms with Crippen molar-refractivity contribution in [2.45, 2.75) is 57.2 Å². The number of hydrogen-bond donors (Lipinski definition) is 0. The first-order valence-corrected chi connectivity index (χ1v) is 11.1. The van der Waals surface area contributed by atoms with Crippen molar-refractivity contribution in [3.8, 4) is 0 Å². The number of amides is 1. The Hall–Kier alpha value is -2.87. The van der Waals surface area contributed by atoms with Gasteiger partial charge < -0.3 is 4.90 Å². The number of rotatable bonds is 7. The van der Waals surface area contributed by atoms with Gasteiger partial charge in [0, 0.05) is 24.0 Å². The molecule has 0 aliphatic carbocycles. The minimum atomic E-state index is 0.0777. The average Bonchev–Trinajstić information content (AvgIpc) is 3.26. The summed E-state index contributed by atoms with van der Waals surface area (Å²) < 4.78 is 4.00. The molecule has 4 rings (SSSR count). The predicted octanol–water partition coefficient (Wildman–Crippen LogP) is 4.02. The number of thioether (sulfide) groups is 1. The molecule has 0 aliphatic rings. The van der Waals surface area contributed by atoms with Gasteiger partial charge in [-0.25, -0.2) is 0 Å². The maximum absolute atomic E-state index is 13.1. The molecule has 1 aromatic carbocycles. The van der Waals surface area contributed by atoms with Gasteiger partial charge in [-0.05, 0) is 52.0 Å². The summed E-state index contributed by atoms with van der Waals surface area (Å²) in [6.07, 6.45) is 1.79. The van der Waals surface area contributed by atoms with Crippen molar-refractivity contribution in [3.05, 3.63) is 54.4 Å². The van der Waals surface area contributed by atoms with Crippen molar-refractivity contribution in [1.82, 2.24) is 29.0 Å². The third kappa shape index (κ3) is 3.79. The normalized spacial score (nSPS) is 11.8. The fourth-order valence-electron chi connectivity index (χ4n) is 3.90. The van der Waals surface area contributed by atoms with Gasteiger partial charge in [0.2, 0.25) is 11.7 Å². The molecule has 0 unspecified atom stereocenters. The van der Waals surface area contributed by atoms with Gasteiger partial charge in [-0.2, -0.15) is 0 Å². The smallest absolute Gasteiger partial charge is 0.243 e. The van der Waals surface area contributed by atoms with E-state index < -0.39 is 0 Å². The maximum atomic E-state index is 13.1. The molecular weight excluding hydrogens is 396 g/mol. The highest BCUT2D eigenvalue weighted by Gasteiger charge is 2.24. The van der Waals surface area contributed by atoms with E-state index in [1.54, 1.807) is 18.0 Å². The summed E-state index contributed by atoms with van der Waals surface area (Å²) in [4.78, 5) is 19.4. The van der Waals surface area contributed by atoms with Crippen LogP contribution in [-0.4, -0.2) is 47.0 Å². The quantitative estimate of drug-likeness (QED) is 0.421. The Morgan fingerprint density at radius 3 is 2.37 bits per heavy atom. The lowest BCUT2D eigenvalue weighted by atomic mass is 10.2. The molecule has 7 nitrogen and oxygen atoms in total. The summed E-state index contributed by atoms with van der Waals surface area (Å²) in [7, 11) is 0. The molecule has 30 heavy (non-hydrogen) atoms. The molecule has 1 amide bonds. The second-order valence-electron chi connectivity index (χ2n) is 7.79. The molecule has 156 valence electrons. The summed E-state index contributed by atoms with van der Waals surface area (Å²) in [6.45, 7) is 8.42. The van der Waals surface area contributed by atoms with Crippen LogP contribution < -0.4 is 0 Å². The van der Waals surface area contributed by atoms with E-state index in [1.807, 2.05) is 84.0 Å². The molecule has 0 spiro atoms. The minimum absolute atomic E-state index is 0.0777. The predicted molar refractivity (Wildman–Crippen MR) is 119 cm³/mol. The Morgan fingerprint density at radius 1 is 1.00 bits per heavy atom. The number of nitrogens with zero attached hydrogens (tertiary/aromatic N) is 6. The lowest BCUT2D eigenvalue weighted by Crippen LogP contribution is -2.43. The second kappa shape index (κ2) is 8.47. The molecule has 0 atom stereocenters. The Balaban J connectivity index is 1.71. The van der Waals surface area contributed by atoms with Crippen LogP contribution in [0.4, 0.5) is 0 Å². The summed E-state index contributed by atoms with van der Waals surface area (Å²) in [5, 5.41) is 9.63. The van der Waals surface area contributed by atoms with Crippen LogP contribution in [0.5, 0.6) is 0 Å². The van der Waals surface area contributed by atoms with Gasteiger partial charge in [-0.15, -0.1) is 10.2 Å². The van der Waals surface area contributed by atoms with Gasteiger partial charge in [0.15, 0.2) is 5.16 Å². The fraction of sp³-hybridized carbons (Fsp3) is 0.364. The number of carbonyl (C=O) groups excluding carboxylic acids is 1. The van der Waals surface area contributed by atoms with E-state index in [2.05, 4.69) is 15.2 Å². The lowest BCUT2D eigenvalue weighted by molar-refractivity contribution is -0.135. The van der Waals surface area contributed by atoms with E-state index >= 15 is 0 Å². The SMILES string of the molecule is CC(C)N(C(=O)Cn1c2ccccc2n2c(SCc3ccccn3)nnc12)C(C)C. The van der Waals surface area contributed by atoms with E-state index in [4.69, 9.17) is 0 Å². The first-order valence-electron chi connectivity index (χ1n) is 10.1. The molecule has 3 heterocycles. The summed E-state index contributed by atoms with van der Waals surface area (Å²) in [5.41, 5.74) is 2.96. The molecule has 0 N–H and O–H groups in total. The number of hydrogen-bond acceptors (Lipinski definition) is 5. The van der Waals surface area contributed by atoms with Gasteiger partial charge >= 0.3 is 0 Å². The number of carbonyl (C=O) groups is 1. The van der Waals surface area contributed by atoms with Crippen molar-refractivity contribution in [1.29, 1.82) is 0 Å². The molecule has 0 aliphatic heterocycles. The number of pyridine rings is 1. The Labute approximate surface area is 180 Å². The zero-order valence-corrected chi connectivity index (χ0v) is 18.5. The van der Waals surface area contributed by atoms with Crippen LogP contribution in [0, 0.1) is 0 Å². The molecule has 0 bridgehead atoms. The topological polar surface area (TPSA) is 68.3 Å². The van der Waals surface area contributed by atoms with Crippen LogP contribution >= 0.6 is 11.8 Å². The molecule has 0 saturated carbocycles. The third-order valence-electron chi connectivity index (χ3n) is 5.04. The van der Waals surface area contributed by atoms with E-state index in [1.165, 1.54) is 0 Å². The molecular formula is C22H26N6OS. The summed E-state index contributed by atoms with van der Waals surface area (Å²) in [6, 6.07) is 14.2. The summed E-state index contributed by atoms with van der Waals surface area (Å²) >= 11 is 1.59. The summed E-state index contributed by atoms with van der Waals surface area (Å²) in [5.74, 6) is 1.46. The largest absolute Gasteiger partial charge is 0.336 e. The highest BCUT2D eigenvalue weighted by molar-refractivity contribution is 7.98. The number of fused-ring (bicyclic) bond motifs is 3. The van der Waals surface area contributed by atoms with Gasteiger partial charge in [-0.1, -0.05) is 30.0 Å². The molecule has 0 radical (unpaired) electrons. The van der Waals surface area contributed by atoms with Crippen molar-refractivity contribution < 1.29 is 4.79 Å². The van der Waals surface area contributed by atoms with Crippen molar-refractivity contribution >= 4 is 34.5 Å². The monoisotopic (exact) mass is 422 g/mol. The van der Waals surface area contributed by atoms with Crippen LogP contribution in [0.3, 0.4) is 0 Å². The Bertz CT molecular complexity index is 1160. The van der Waals surface area contributed by atoms with Gasteiger partial charge in [0.05, 0.1) is 16.7 Å². The van der Waals surface area contributed by atoms with Crippen LogP contribution in [-0.2, 0) is 17.1 Å². The van der Waals surface area contributed by atoms with Crippen LogP contribution in [0.25, 0.3) is 16.8 Å². The van der Waals surface area contributed by atoms with E-state index in [9.17, 15) is 4.79 Å². The van der Waals surface area contributed by atoms with E-state index in [0.29, 0.717) is 11.5 Å². The highest BCUT2D eigenvalue weighted by atomic mass is 32.2. The highest BCUT2D eigenvalue weighted by Crippen LogP contribution is 2.27. The van der Waals surface area contributed by atoms with E-state index in [0.717, 1.165) is 21.9 Å². The van der Waals surface area contributed by atoms with Gasteiger partial charge in [-0.3, -0.25) is 18.7 Å². The third-order valence-corrected chi connectivity index (χ3v) is 6.00. The minimum Gasteiger partial charge on any atom is -0.336 e. The van der Waals surface area contributed by atoms with Gasteiger partial charge in [0.1, 0.15) is 6.54 Å². The molecule has 0 saturated heterocycles.